The largest absolute Gasteiger partial charge is 0.369 e. The molecule has 1 saturated carbocycles. The van der Waals surface area contributed by atoms with Crippen LogP contribution in [0.5, 0.6) is 0 Å². The predicted molar refractivity (Wildman–Crippen MR) is 96.3 cm³/mol. The predicted octanol–water partition coefficient (Wildman–Crippen LogP) is 2.81. The lowest BCUT2D eigenvalue weighted by Gasteiger charge is -2.45. The summed E-state index contributed by atoms with van der Waals surface area (Å²) in [5, 5.41) is 3.15. The van der Waals surface area contributed by atoms with Gasteiger partial charge in [0, 0.05) is 0 Å². The van der Waals surface area contributed by atoms with Crippen molar-refractivity contribution in [3.8, 4) is 0 Å². The van der Waals surface area contributed by atoms with Gasteiger partial charge in [0.1, 0.15) is 23.9 Å². The smallest absolute Gasteiger partial charge is 0.145 e. The number of imidazole rings is 1. The lowest BCUT2D eigenvalue weighted by Crippen LogP contribution is -2.46. The zero-order chi connectivity index (χ0) is 17.6. The highest BCUT2D eigenvalue weighted by Gasteiger charge is 2.40. The number of nitrogens with two attached hydrogens (primary N) is 1. The maximum Gasteiger partial charge on any atom is 0.145 e. The van der Waals surface area contributed by atoms with Crippen LogP contribution in [-0.2, 0) is 9.47 Å². The fourth-order valence-corrected chi connectivity index (χ4v) is 4.05. The summed E-state index contributed by atoms with van der Waals surface area (Å²) in [5.41, 5.74) is 6.68. The van der Waals surface area contributed by atoms with Crippen LogP contribution in [0.4, 0.5) is 5.82 Å². The van der Waals surface area contributed by atoms with Crippen molar-refractivity contribution in [1.82, 2.24) is 9.55 Å². The van der Waals surface area contributed by atoms with Gasteiger partial charge in [-0.3, -0.25) is 9.56 Å². The van der Waals surface area contributed by atoms with Crippen molar-refractivity contribution in [1.29, 1.82) is 0 Å². The molecule has 0 spiro atoms. The van der Waals surface area contributed by atoms with Crippen LogP contribution in [0, 0.1) is 11.8 Å². The summed E-state index contributed by atoms with van der Waals surface area (Å²) in [6, 6.07) is 0. The van der Waals surface area contributed by atoms with E-state index in [0.29, 0.717) is 18.4 Å². The third-order valence-electron chi connectivity index (χ3n) is 6.05. The Kier molecular flexibility index (Phi) is 4.33. The summed E-state index contributed by atoms with van der Waals surface area (Å²) < 4.78 is 14.7. The van der Waals surface area contributed by atoms with Gasteiger partial charge in [-0.1, -0.05) is 13.3 Å². The van der Waals surface area contributed by atoms with E-state index >= 15 is 0 Å². The second-order valence-electron chi connectivity index (χ2n) is 8.14. The number of hydrogen-bond acceptors (Lipinski definition) is 6. The Morgan fingerprint density at radius 1 is 1.40 bits per heavy atom. The van der Waals surface area contributed by atoms with E-state index in [1.54, 1.807) is 12.7 Å². The van der Waals surface area contributed by atoms with Gasteiger partial charge in [0.15, 0.2) is 0 Å². The van der Waals surface area contributed by atoms with Crippen LogP contribution >= 0.6 is 0 Å². The molecule has 0 aromatic carbocycles. The summed E-state index contributed by atoms with van der Waals surface area (Å²) in [7, 11) is 0. The van der Waals surface area contributed by atoms with E-state index in [1.807, 2.05) is 4.57 Å². The Morgan fingerprint density at radius 2 is 2.20 bits per heavy atom. The van der Waals surface area contributed by atoms with Gasteiger partial charge >= 0.3 is 0 Å². The molecule has 2 aliphatic heterocycles. The Balaban J connectivity index is 1.42. The summed E-state index contributed by atoms with van der Waals surface area (Å²) in [5.74, 6) is 1.99. The highest BCUT2D eigenvalue weighted by atomic mass is 16.6. The molecule has 25 heavy (non-hydrogen) atoms. The molecule has 0 bridgehead atoms. The zero-order valence-electron chi connectivity index (χ0n) is 15.3. The van der Waals surface area contributed by atoms with Crippen molar-refractivity contribution in [2.24, 2.45) is 22.6 Å². The highest BCUT2D eigenvalue weighted by Crippen LogP contribution is 2.41. The molecule has 4 rings (SSSR count). The van der Waals surface area contributed by atoms with Crippen LogP contribution in [0.25, 0.3) is 0 Å². The molecule has 0 radical (unpaired) electrons. The Labute approximate surface area is 149 Å². The summed E-state index contributed by atoms with van der Waals surface area (Å²) in [4.78, 5) is 8.54. The number of fused-ring (bicyclic) bond motifs is 1. The van der Waals surface area contributed by atoms with Crippen LogP contribution in [0.15, 0.2) is 11.3 Å². The molecule has 7 nitrogen and oxygen atoms in total. The van der Waals surface area contributed by atoms with Crippen LogP contribution in [-0.4, -0.2) is 34.2 Å². The van der Waals surface area contributed by atoms with Gasteiger partial charge in [-0.05, 0) is 44.9 Å². The minimum Gasteiger partial charge on any atom is -0.369 e. The molecular formula is C18H29N5O2. The third-order valence-corrected chi connectivity index (χ3v) is 6.05. The Bertz CT molecular complexity index is 652. The lowest BCUT2D eigenvalue weighted by atomic mass is 9.74. The van der Waals surface area contributed by atoms with E-state index in [9.17, 15) is 0 Å². The first-order valence-electron chi connectivity index (χ1n) is 9.35. The average molecular weight is 347 g/mol. The molecule has 138 valence electrons. The normalized spacial score (nSPS) is 32.8. The number of aliphatic imine (C=N–C) groups is 1. The number of hydrogen-bond donors (Lipinski definition) is 2. The number of anilines is 1. The van der Waals surface area contributed by atoms with Crippen molar-refractivity contribution in [2.45, 2.75) is 70.6 Å². The first-order chi connectivity index (χ1) is 12.0. The first-order valence-corrected chi connectivity index (χ1v) is 9.35. The van der Waals surface area contributed by atoms with E-state index in [2.05, 4.69) is 36.1 Å². The second-order valence-corrected chi connectivity index (χ2v) is 8.14. The molecule has 1 aliphatic carbocycles. The van der Waals surface area contributed by atoms with Crippen molar-refractivity contribution in [3.63, 3.8) is 0 Å². The molecule has 1 saturated heterocycles. The molecule has 3 heterocycles. The van der Waals surface area contributed by atoms with Gasteiger partial charge in [-0.15, -0.1) is 0 Å². The van der Waals surface area contributed by atoms with E-state index in [4.69, 9.17) is 15.2 Å². The van der Waals surface area contributed by atoms with Gasteiger partial charge < -0.3 is 20.5 Å². The first kappa shape index (κ1) is 17.0. The summed E-state index contributed by atoms with van der Waals surface area (Å²) >= 11 is 0. The van der Waals surface area contributed by atoms with Crippen LogP contribution in [0.3, 0.4) is 0 Å². The van der Waals surface area contributed by atoms with Crippen molar-refractivity contribution >= 4 is 12.2 Å². The minimum absolute atomic E-state index is 0.0517. The fraction of sp³-hybridized carbons (Fsp3) is 0.778. The molecule has 4 atom stereocenters. The molecular weight excluding hydrogens is 318 g/mol. The third kappa shape index (κ3) is 3.09. The second kappa shape index (κ2) is 6.37. The lowest BCUT2D eigenvalue weighted by molar-refractivity contribution is -0.197. The van der Waals surface area contributed by atoms with Gasteiger partial charge in [0.2, 0.25) is 0 Å². The quantitative estimate of drug-likeness (QED) is 0.874. The Morgan fingerprint density at radius 3 is 2.88 bits per heavy atom. The minimum atomic E-state index is -0.405. The number of ether oxygens (including phenoxy) is 2. The molecule has 3 N–H and O–H groups in total. The molecule has 7 heteroatoms. The highest BCUT2D eigenvalue weighted by molar-refractivity contribution is 5.77. The topological polar surface area (TPSA) is 86.7 Å². The summed E-state index contributed by atoms with van der Waals surface area (Å²) in [6.45, 7) is 7.31. The van der Waals surface area contributed by atoms with Crippen molar-refractivity contribution < 1.29 is 9.47 Å². The van der Waals surface area contributed by atoms with E-state index in [-0.39, 0.29) is 17.9 Å². The van der Waals surface area contributed by atoms with E-state index in [1.165, 1.54) is 19.3 Å². The molecule has 3 aliphatic rings. The standard InChI is InChI=1S/C18H29N5O2/c1-11-7-14(23-10-22-15-16(19)20-9-21-17(15)23)24-8-13(11)25-18(2,3)12-5-4-6-12/h9-14,16H,4-8,19H2,1-3H3,(H,20,21). The molecule has 2 fully saturated rings. The molecule has 1 aromatic rings. The van der Waals surface area contributed by atoms with Crippen LogP contribution in [0.2, 0.25) is 0 Å². The van der Waals surface area contributed by atoms with E-state index < -0.39 is 6.17 Å². The molecule has 4 unspecified atom stereocenters. The molecule has 0 amide bonds. The average Bonchev–Trinajstić information content (AvgIpc) is 2.92. The molecule has 1 aromatic heterocycles. The van der Waals surface area contributed by atoms with Gasteiger partial charge in [0.25, 0.3) is 0 Å². The maximum atomic E-state index is 6.48. The van der Waals surface area contributed by atoms with Gasteiger partial charge in [-0.25, -0.2) is 4.98 Å². The maximum absolute atomic E-state index is 6.48. The SMILES string of the molecule is CC1CC(n2cnc3c2NC=NC3N)OCC1OC(C)(C)C1CCC1. The number of aromatic nitrogens is 2. The van der Waals surface area contributed by atoms with Crippen LogP contribution < -0.4 is 11.1 Å². The van der Waals surface area contributed by atoms with Crippen molar-refractivity contribution in [3.05, 3.63) is 12.0 Å². The number of rotatable bonds is 4. The van der Waals surface area contributed by atoms with Gasteiger partial charge in [-0.2, -0.15) is 0 Å². The number of nitrogens with zero attached hydrogens (tertiary/aromatic N) is 3. The number of nitrogens with one attached hydrogen (secondary N) is 1. The fourth-order valence-electron chi connectivity index (χ4n) is 4.05. The van der Waals surface area contributed by atoms with E-state index in [0.717, 1.165) is 17.9 Å². The van der Waals surface area contributed by atoms with Crippen LogP contribution in [0.1, 0.15) is 64.5 Å². The Hall–Kier alpha value is -1.44. The van der Waals surface area contributed by atoms with Crippen molar-refractivity contribution in [2.75, 3.05) is 11.9 Å². The zero-order valence-corrected chi connectivity index (χ0v) is 15.3. The van der Waals surface area contributed by atoms with Gasteiger partial charge in [0.05, 0.1) is 31.0 Å². The summed E-state index contributed by atoms with van der Waals surface area (Å²) in [6.07, 6.45) is 7.90. The monoisotopic (exact) mass is 347 g/mol.